The standard InChI is InChI=1S/C14H23NO3/c1-10-5-7-11(8-6-10)13(16)15-9-3-4-12(15)14(17)18-2/h10-12H,3-9H2,1-2H3. The zero-order valence-corrected chi connectivity index (χ0v) is 11.4. The number of carbonyl (C=O) groups is 2. The highest BCUT2D eigenvalue weighted by molar-refractivity contribution is 5.86. The van der Waals surface area contributed by atoms with Gasteiger partial charge in [0.05, 0.1) is 7.11 Å². The van der Waals surface area contributed by atoms with Gasteiger partial charge in [-0.1, -0.05) is 6.92 Å². The number of likely N-dealkylation sites (tertiary alicyclic amines) is 1. The second-order valence-corrected chi connectivity index (χ2v) is 5.67. The summed E-state index contributed by atoms with van der Waals surface area (Å²) in [5.41, 5.74) is 0. The molecular formula is C14H23NO3. The summed E-state index contributed by atoms with van der Waals surface area (Å²) in [6, 6.07) is -0.332. The van der Waals surface area contributed by atoms with Crippen LogP contribution in [-0.4, -0.2) is 36.5 Å². The number of ether oxygens (including phenoxy) is 1. The van der Waals surface area contributed by atoms with Crippen LogP contribution in [0.25, 0.3) is 0 Å². The molecule has 0 N–H and O–H groups in total. The Morgan fingerprint density at radius 2 is 1.78 bits per heavy atom. The first-order valence-corrected chi connectivity index (χ1v) is 7.01. The minimum atomic E-state index is -0.332. The molecule has 2 aliphatic rings. The van der Waals surface area contributed by atoms with Crippen LogP contribution in [0.15, 0.2) is 0 Å². The van der Waals surface area contributed by atoms with Crippen molar-refractivity contribution >= 4 is 11.9 Å². The summed E-state index contributed by atoms with van der Waals surface area (Å²) < 4.78 is 4.79. The molecular weight excluding hydrogens is 230 g/mol. The third-order valence-electron chi connectivity index (χ3n) is 4.37. The van der Waals surface area contributed by atoms with Crippen LogP contribution in [0.4, 0.5) is 0 Å². The molecule has 1 aliphatic heterocycles. The van der Waals surface area contributed by atoms with E-state index in [0.717, 1.165) is 44.4 Å². The van der Waals surface area contributed by atoms with Gasteiger partial charge in [-0.25, -0.2) is 4.79 Å². The molecule has 0 aromatic heterocycles. The normalized spacial score (nSPS) is 32.3. The third kappa shape index (κ3) is 2.68. The average molecular weight is 253 g/mol. The number of rotatable bonds is 2. The van der Waals surface area contributed by atoms with Crippen molar-refractivity contribution in [3.05, 3.63) is 0 Å². The molecule has 1 unspecified atom stereocenters. The Hall–Kier alpha value is -1.06. The smallest absolute Gasteiger partial charge is 0.328 e. The Balaban J connectivity index is 1.97. The highest BCUT2D eigenvalue weighted by Gasteiger charge is 2.38. The van der Waals surface area contributed by atoms with Crippen LogP contribution in [0.2, 0.25) is 0 Å². The Bertz CT molecular complexity index is 321. The summed E-state index contributed by atoms with van der Waals surface area (Å²) in [4.78, 5) is 25.9. The van der Waals surface area contributed by atoms with Gasteiger partial charge in [0.25, 0.3) is 0 Å². The van der Waals surface area contributed by atoms with Crippen molar-refractivity contribution in [1.82, 2.24) is 4.90 Å². The Morgan fingerprint density at radius 3 is 2.39 bits per heavy atom. The van der Waals surface area contributed by atoms with Gasteiger partial charge in [0.2, 0.25) is 5.91 Å². The second kappa shape index (κ2) is 5.72. The fourth-order valence-corrected chi connectivity index (χ4v) is 3.15. The lowest BCUT2D eigenvalue weighted by atomic mass is 9.82. The number of esters is 1. The van der Waals surface area contributed by atoms with Crippen molar-refractivity contribution in [2.75, 3.05) is 13.7 Å². The van der Waals surface area contributed by atoms with Gasteiger partial charge in [-0.3, -0.25) is 4.79 Å². The predicted molar refractivity (Wildman–Crippen MR) is 67.9 cm³/mol. The molecule has 4 heteroatoms. The fourth-order valence-electron chi connectivity index (χ4n) is 3.15. The molecule has 2 rings (SSSR count). The highest BCUT2D eigenvalue weighted by atomic mass is 16.5. The molecule has 0 aromatic rings. The van der Waals surface area contributed by atoms with E-state index in [1.807, 2.05) is 0 Å². The lowest BCUT2D eigenvalue weighted by molar-refractivity contribution is -0.152. The Kier molecular flexibility index (Phi) is 4.25. The minimum absolute atomic E-state index is 0.131. The molecule has 4 nitrogen and oxygen atoms in total. The molecule has 1 saturated carbocycles. The largest absolute Gasteiger partial charge is 0.467 e. The third-order valence-corrected chi connectivity index (χ3v) is 4.37. The number of nitrogens with zero attached hydrogens (tertiary/aromatic N) is 1. The molecule has 1 atom stereocenters. The zero-order chi connectivity index (χ0) is 13.1. The molecule has 0 bridgehead atoms. The van der Waals surface area contributed by atoms with Crippen LogP contribution in [0.3, 0.4) is 0 Å². The maximum absolute atomic E-state index is 12.5. The van der Waals surface area contributed by atoms with Crippen molar-refractivity contribution in [2.45, 2.75) is 51.5 Å². The number of carbonyl (C=O) groups excluding carboxylic acids is 2. The fraction of sp³-hybridized carbons (Fsp3) is 0.857. The molecule has 0 spiro atoms. The lowest BCUT2D eigenvalue weighted by Gasteiger charge is -2.31. The monoisotopic (exact) mass is 253 g/mol. The van der Waals surface area contributed by atoms with Crippen molar-refractivity contribution < 1.29 is 14.3 Å². The van der Waals surface area contributed by atoms with Crippen LogP contribution in [-0.2, 0) is 14.3 Å². The number of amides is 1. The summed E-state index contributed by atoms with van der Waals surface area (Å²) in [7, 11) is 1.39. The second-order valence-electron chi connectivity index (χ2n) is 5.67. The van der Waals surface area contributed by atoms with E-state index in [1.54, 1.807) is 4.90 Å². The van der Waals surface area contributed by atoms with Gasteiger partial charge in [0.15, 0.2) is 0 Å². The topological polar surface area (TPSA) is 46.6 Å². The van der Waals surface area contributed by atoms with E-state index < -0.39 is 0 Å². The first-order valence-electron chi connectivity index (χ1n) is 7.01. The molecule has 0 radical (unpaired) electrons. The maximum Gasteiger partial charge on any atom is 0.328 e. The average Bonchev–Trinajstić information content (AvgIpc) is 2.87. The molecule has 1 aliphatic carbocycles. The number of hydrogen-bond acceptors (Lipinski definition) is 3. The summed E-state index contributed by atoms with van der Waals surface area (Å²) in [6.45, 7) is 2.96. The Labute approximate surface area is 109 Å². The van der Waals surface area contributed by atoms with E-state index in [1.165, 1.54) is 7.11 Å². The van der Waals surface area contributed by atoms with Gasteiger partial charge < -0.3 is 9.64 Å². The van der Waals surface area contributed by atoms with Gasteiger partial charge >= 0.3 is 5.97 Å². The van der Waals surface area contributed by atoms with Crippen LogP contribution < -0.4 is 0 Å². The van der Waals surface area contributed by atoms with Gasteiger partial charge in [0, 0.05) is 12.5 Å². The summed E-state index contributed by atoms with van der Waals surface area (Å²) in [5, 5.41) is 0. The lowest BCUT2D eigenvalue weighted by Crippen LogP contribution is -2.44. The van der Waals surface area contributed by atoms with Crippen molar-refractivity contribution in [2.24, 2.45) is 11.8 Å². The van der Waals surface area contributed by atoms with E-state index in [4.69, 9.17) is 4.74 Å². The van der Waals surface area contributed by atoms with E-state index in [-0.39, 0.29) is 23.8 Å². The van der Waals surface area contributed by atoms with Crippen LogP contribution >= 0.6 is 0 Å². The van der Waals surface area contributed by atoms with E-state index in [9.17, 15) is 9.59 Å². The van der Waals surface area contributed by atoms with E-state index in [0.29, 0.717) is 6.54 Å². The van der Waals surface area contributed by atoms with Crippen LogP contribution in [0.5, 0.6) is 0 Å². The molecule has 1 saturated heterocycles. The molecule has 18 heavy (non-hydrogen) atoms. The first kappa shape index (κ1) is 13.4. The van der Waals surface area contributed by atoms with Gasteiger partial charge in [0.1, 0.15) is 6.04 Å². The van der Waals surface area contributed by atoms with Crippen molar-refractivity contribution in [1.29, 1.82) is 0 Å². The predicted octanol–water partition coefficient (Wildman–Crippen LogP) is 1.98. The Morgan fingerprint density at radius 1 is 1.11 bits per heavy atom. The molecule has 1 amide bonds. The minimum Gasteiger partial charge on any atom is -0.467 e. The SMILES string of the molecule is COC(=O)C1CCCN1C(=O)C1CCC(C)CC1. The van der Waals surface area contributed by atoms with Crippen LogP contribution in [0.1, 0.15) is 45.4 Å². The van der Waals surface area contributed by atoms with Crippen LogP contribution in [0, 0.1) is 11.8 Å². The first-order chi connectivity index (χ1) is 8.63. The van der Waals surface area contributed by atoms with E-state index in [2.05, 4.69) is 6.92 Å². The number of hydrogen-bond donors (Lipinski definition) is 0. The summed E-state index contributed by atoms with van der Waals surface area (Å²) in [6.07, 6.45) is 5.88. The highest BCUT2D eigenvalue weighted by Crippen LogP contribution is 2.31. The van der Waals surface area contributed by atoms with Crippen molar-refractivity contribution in [3.63, 3.8) is 0 Å². The molecule has 2 fully saturated rings. The maximum atomic E-state index is 12.5. The summed E-state index contributed by atoms with van der Waals surface area (Å²) >= 11 is 0. The van der Waals surface area contributed by atoms with Crippen molar-refractivity contribution in [3.8, 4) is 0 Å². The molecule has 1 heterocycles. The molecule has 102 valence electrons. The van der Waals surface area contributed by atoms with Gasteiger partial charge in [-0.2, -0.15) is 0 Å². The quantitative estimate of drug-likeness (QED) is 0.707. The summed E-state index contributed by atoms with van der Waals surface area (Å²) in [5.74, 6) is 0.787. The molecule has 0 aromatic carbocycles. The van der Waals surface area contributed by atoms with Gasteiger partial charge in [-0.15, -0.1) is 0 Å². The zero-order valence-electron chi connectivity index (χ0n) is 11.4. The van der Waals surface area contributed by atoms with E-state index >= 15 is 0 Å². The van der Waals surface area contributed by atoms with Gasteiger partial charge in [-0.05, 0) is 44.4 Å². The number of methoxy groups -OCH3 is 1.